The van der Waals surface area contributed by atoms with Gasteiger partial charge in [0.15, 0.2) is 0 Å². The van der Waals surface area contributed by atoms with Crippen molar-refractivity contribution in [3.8, 4) is 5.75 Å². The van der Waals surface area contributed by atoms with Crippen molar-refractivity contribution in [2.75, 3.05) is 26.8 Å². The highest BCUT2D eigenvalue weighted by atomic mass is 35.5. The monoisotopic (exact) mass is 441 g/mol. The number of amides is 2. The molecule has 0 bridgehead atoms. The second-order valence-corrected chi connectivity index (χ2v) is 7.73. The summed E-state index contributed by atoms with van der Waals surface area (Å²) in [7, 11) is 1.62. The van der Waals surface area contributed by atoms with Crippen molar-refractivity contribution in [1.82, 2.24) is 15.2 Å². The smallest absolute Gasteiger partial charge is 0.325 e. The van der Waals surface area contributed by atoms with Gasteiger partial charge in [0.25, 0.3) is 0 Å². The van der Waals surface area contributed by atoms with Crippen LogP contribution in [0.5, 0.6) is 5.75 Å². The van der Waals surface area contributed by atoms with Gasteiger partial charge in [0.1, 0.15) is 12.3 Å². The van der Waals surface area contributed by atoms with Crippen LogP contribution in [0.2, 0.25) is 5.02 Å². The average molecular weight is 442 g/mol. The second-order valence-electron chi connectivity index (χ2n) is 7.29. The fourth-order valence-electron chi connectivity index (χ4n) is 4.07. The Hall–Kier alpha value is -3.19. The van der Waals surface area contributed by atoms with Gasteiger partial charge >= 0.3 is 12.0 Å². The van der Waals surface area contributed by atoms with Gasteiger partial charge in [-0.05, 0) is 54.8 Å². The van der Waals surface area contributed by atoms with Gasteiger partial charge < -0.3 is 24.7 Å². The van der Waals surface area contributed by atoms with Crippen LogP contribution < -0.4 is 10.1 Å². The number of hydrogen-bond donors (Lipinski definition) is 2. The number of nitrogens with zero attached hydrogens (tertiary/aromatic N) is 1. The van der Waals surface area contributed by atoms with E-state index in [1.54, 1.807) is 18.9 Å². The molecule has 2 heterocycles. The molecule has 4 rings (SSSR count). The standard InChI is InChI=1S/C23H24ClN3O4/c1-3-31-20(28)13-25-23(29)27-11-10-17-18-12-15(24)6-9-19(18)26-21(17)22(27)14-4-7-16(30-2)8-5-14/h4-9,12,22,26H,3,10-11,13H2,1-2H3,(H,25,29)/t22-/m1/s1. The van der Waals surface area contributed by atoms with Gasteiger partial charge in [-0.1, -0.05) is 23.7 Å². The van der Waals surface area contributed by atoms with Gasteiger partial charge in [0.2, 0.25) is 0 Å². The molecule has 7 nitrogen and oxygen atoms in total. The summed E-state index contributed by atoms with van der Waals surface area (Å²) in [4.78, 5) is 30.0. The molecule has 2 amide bonds. The Kier molecular flexibility index (Phi) is 6.04. The van der Waals surface area contributed by atoms with Crippen molar-refractivity contribution in [2.45, 2.75) is 19.4 Å². The topological polar surface area (TPSA) is 83.7 Å². The second kappa shape index (κ2) is 8.89. The number of carbonyl (C=O) groups excluding carboxylic acids is 2. The number of halogens is 1. The van der Waals surface area contributed by atoms with E-state index in [1.807, 2.05) is 42.5 Å². The maximum absolute atomic E-state index is 13.0. The fraction of sp³-hybridized carbons (Fsp3) is 0.304. The van der Waals surface area contributed by atoms with Crippen LogP contribution in [0.1, 0.15) is 29.8 Å². The molecule has 0 fully saturated rings. The normalized spacial score (nSPS) is 15.5. The highest BCUT2D eigenvalue weighted by Crippen LogP contribution is 2.39. The average Bonchev–Trinajstić information content (AvgIpc) is 3.15. The van der Waals surface area contributed by atoms with Crippen LogP contribution in [-0.4, -0.2) is 48.7 Å². The van der Waals surface area contributed by atoms with E-state index < -0.39 is 5.97 Å². The summed E-state index contributed by atoms with van der Waals surface area (Å²) in [5.41, 5.74) is 4.00. The van der Waals surface area contributed by atoms with Crippen LogP contribution in [0.25, 0.3) is 10.9 Å². The summed E-state index contributed by atoms with van der Waals surface area (Å²) in [6.45, 7) is 2.33. The van der Waals surface area contributed by atoms with E-state index in [0.29, 0.717) is 18.0 Å². The first-order valence-corrected chi connectivity index (χ1v) is 10.5. The van der Waals surface area contributed by atoms with E-state index >= 15 is 0 Å². The van der Waals surface area contributed by atoms with E-state index in [2.05, 4.69) is 10.3 Å². The number of fused-ring (bicyclic) bond motifs is 3. The van der Waals surface area contributed by atoms with Crippen molar-refractivity contribution in [3.05, 3.63) is 64.3 Å². The Labute approximate surface area is 185 Å². The maximum Gasteiger partial charge on any atom is 0.325 e. The summed E-state index contributed by atoms with van der Waals surface area (Å²) < 4.78 is 10.2. The largest absolute Gasteiger partial charge is 0.497 e. The van der Waals surface area contributed by atoms with E-state index in [-0.39, 0.29) is 25.2 Å². The lowest BCUT2D eigenvalue weighted by molar-refractivity contribution is -0.141. The molecular formula is C23H24ClN3O4. The van der Waals surface area contributed by atoms with E-state index in [1.165, 1.54) is 0 Å². The van der Waals surface area contributed by atoms with Gasteiger partial charge in [0, 0.05) is 28.2 Å². The Balaban J connectivity index is 1.72. The third-order valence-corrected chi connectivity index (χ3v) is 5.71. The molecule has 2 aromatic carbocycles. The van der Waals surface area contributed by atoms with E-state index in [4.69, 9.17) is 21.1 Å². The molecule has 8 heteroatoms. The first-order chi connectivity index (χ1) is 15.0. The minimum atomic E-state index is -0.463. The zero-order valence-electron chi connectivity index (χ0n) is 17.4. The van der Waals surface area contributed by atoms with Crippen molar-refractivity contribution < 1.29 is 19.1 Å². The molecule has 0 radical (unpaired) electrons. The number of ether oxygens (including phenoxy) is 2. The third-order valence-electron chi connectivity index (χ3n) is 5.47. The van der Waals surface area contributed by atoms with Crippen LogP contribution in [0.3, 0.4) is 0 Å². The summed E-state index contributed by atoms with van der Waals surface area (Å²) in [5.74, 6) is 0.274. The van der Waals surface area contributed by atoms with Crippen LogP contribution >= 0.6 is 11.6 Å². The number of methoxy groups -OCH3 is 1. The zero-order chi connectivity index (χ0) is 22.0. The van der Waals surface area contributed by atoms with Crippen LogP contribution in [0, 0.1) is 0 Å². The third kappa shape index (κ3) is 4.18. The first kappa shape index (κ1) is 21.1. The van der Waals surface area contributed by atoms with E-state index in [0.717, 1.165) is 33.5 Å². The predicted octanol–water partition coefficient (Wildman–Crippen LogP) is 4.05. The van der Waals surface area contributed by atoms with Crippen LogP contribution in [0.15, 0.2) is 42.5 Å². The number of benzene rings is 2. The van der Waals surface area contributed by atoms with Crippen LogP contribution in [0.4, 0.5) is 4.79 Å². The molecule has 0 unspecified atom stereocenters. The lowest BCUT2D eigenvalue weighted by Gasteiger charge is -2.36. The number of aromatic nitrogens is 1. The SMILES string of the molecule is CCOC(=O)CNC(=O)N1CCc2c([nH]c3ccc(Cl)cc23)[C@H]1c1ccc(OC)cc1. The molecule has 1 aliphatic rings. The molecule has 31 heavy (non-hydrogen) atoms. The Bertz CT molecular complexity index is 1110. The number of esters is 1. The van der Waals surface area contributed by atoms with E-state index in [9.17, 15) is 9.59 Å². The lowest BCUT2D eigenvalue weighted by atomic mass is 9.92. The van der Waals surface area contributed by atoms with Crippen molar-refractivity contribution in [3.63, 3.8) is 0 Å². The van der Waals surface area contributed by atoms with Gasteiger partial charge in [-0.2, -0.15) is 0 Å². The Morgan fingerprint density at radius 2 is 2.00 bits per heavy atom. The summed E-state index contributed by atoms with van der Waals surface area (Å²) in [6, 6.07) is 12.7. The molecule has 0 saturated heterocycles. The molecule has 0 saturated carbocycles. The summed E-state index contributed by atoms with van der Waals surface area (Å²) in [6.07, 6.45) is 0.676. The lowest BCUT2D eigenvalue weighted by Crippen LogP contribution is -2.47. The maximum atomic E-state index is 13.0. The predicted molar refractivity (Wildman–Crippen MR) is 119 cm³/mol. The van der Waals surface area contributed by atoms with Gasteiger partial charge in [-0.15, -0.1) is 0 Å². The zero-order valence-corrected chi connectivity index (χ0v) is 18.2. The van der Waals surface area contributed by atoms with Crippen molar-refractivity contribution in [1.29, 1.82) is 0 Å². The van der Waals surface area contributed by atoms with Gasteiger partial charge in [-0.25, -0.2) is 4.79 Å². The molecule has 162 valence electrons. The Morgan fingerprint density at radius 1 is 1.23 bits per heavy atom. The number of H-pyrrole nitrogens is 1. The van der Waals surface area contributed by atoms with Crippen molar-refractivity contribution in [2.24, 2.45) is 0 Å². The Morgan fingerprint density at radius 3 is 2.71 bits per heavy atom. The summed E-state index contributed by atoms with van der Waals surface area (Å²) >= 11 is 6.23. The fourth-order valence-corrected chi connectivity index (χ4v) is 4.25. The molecule has 0 aliphatic carbocycles. The molecule has 2 N–H and O–H groups in total. The molecule has 1 aromatic heterocycles. The number of rotatable bonds is 5. The highest BCUT2D eigenvalue weighted by Gasteiger charge is 2.34. The molecule has 3 aromatic rings. The minimum Gasteiger partial charge on any atom is -0.497 e. The minimum absolute atomic E-state index is 0.173. The number of nitrogens with one attached hydrogen (secondary N) is 2. The molecule has 0 spiro atoms. The van der Waals surface area contributed by atoms with Crippen LogP contribution in [-0.2, 0) is 16.0 Å². The number of hydrogen-bond acceptors (Lipinski definition) is 4. The molecule has 1 aliphatic heterocycles. The number of carbonyl (C=O) groups is 2. The first-order valence-electron chi connectivity index (χ1n) is 10.2. The molecule has 1 atom stereocenters. The molecular weight excluding hydrogens is 418 g/mol. The summed E-state index contributed by atoms with van der Waals surface area (Å²) in [5, 5.41) is 4.42. The van der Waals surface area contributed by atoms with Crippen molar-refractivity contribution >= 4 is 34.5 Å². The number of aromatic amines is 1. The number of urea groups is 1. The van der Waals surface area contributed by atoms with Gasteiger partial charge in [0.05, 0.1) is 19.8 Å². The quantitative estimate of drug-likeness (QED) is 0.585. The van der Waals surface area contributed by atoms with Gasteiger partial charge in [-0.3, -0.25) is 4.79 Å². The highest BCUT2D eigenvalue weighted by molar-refractivity contribution is 6.31.